The van der Waals surface area contributed by atoms with Gasteiger partial charge in [0, 0.05) is 43.6 Å². The summed E-state index contributed by atoms with van der Waals surface area (Å²) in [5.41, 5.74) is 1.84. The van der Waals surface area contributed by atoms with Gasteiger partial charge in [0.05, 0.1) is 6.20 Å². The third-order valence-electron chi connectivity index (χ3n) is 6.03. The number of amides is 2. The van der Waals surface area contributed by atoms with Gasteiger partial charge in [-0.05, 0) is 43.7 Å². The topological polar surface area (TPSA) is 75.9 Å². The Kier molecular flexibility index (Phi) is 6.19. The summed E-state index contributed by atoms with van der Waals surface area (Å²) in [5.74, 6) is 0.533. The average Bonchev–Trinajstić information content (AvgIpc) is 3.05. The minimum absolute atomic E-state index is 0.130. The second-order valence-electron chi connectivity index (χ2n) is 8.14. The number of carbonyl (C=O) groups is 1. The molecule has 0 aromatic carbocycles. The molecule has 0 unspecified atom stereocenters. The molecule has 2 amide bonds. The second kappa shape index (κ2) is 9.17. The normalized spacial score (nSPS) is 19.4. The molecule has 7 heteroatoms. The predicted octanol–water partition coefficient (Wildman–Crippen LogP) is 3.48. The van der Waals surface area contributed by atoms with Gasteiger partial charge in [-0.1, -0.05) is 30.9 Å². The minimum atomic E-state index is 0.130. The summed E-state index contributed by atoms with van der Waals surface area (Å²) < 4.78 is 1.92. The van der Waals surface area contributed by atoms with Crippen molar-refractivity contribution in [3.8, 4) is 11.3 Å². The van der Waals surface area contributed by atoms with E-state index in [4.69, 9.17) is 0 Å². The van der Waals surface area contributed by atoms with Crippen LogP contribution in [0.1, 0.15) is 51.4 Å². The smallest absolute Gasteiger partial charge is 0.317 e. The largest absolute Gasteiger partial charge is 0.335 e. The van der Waals surface area contributed by atoms with Crippen LogP contribution in [0.5, 0.6) is 0 Å². The highest BCUT2D eigenvalue weighted by molar-refractivity contribution is 5.74. The molecule has 2 aromatic heterocycles. The number of hydrogen-bond donors (Lipinski definition) is 1. The van der Waals surface area contributed by atoms with E-state index in [1.807, 2.05) is 27.9 Å². The zero-order valence-corrected chi connectivity index (χ0v) is 16.5. The molecule has 0 spiro atoms. The third kappa shape index (κ3) is 4.88. The van der Waals surface area contributed by atoms with E-state index in [0.29, 0.717) is 12.0 Å². The van der Waals surface area contributed by atoms with Gasteiger partial charge in [0.2, 0.25) is 0 Å². The first-order valence-corrected chi connectivity index (χ1v) is 10.6. The SMILES string of the molecule is O=C(NC1CCCCCC1)N1CCC(Cn2cc(-c3cccnc3)nn2)CC1. The number of pyridine rings is 1. The molecule has 1 saturated heterocycles. The van der Waals surface area contributed by atoms with Gasteiger partial charge in [-0.25, -0.2) is 4.79 Å². The van der Waals surface area contributed by atoms with Crippen LogP contribution in [0.25, 0.3) is 11.3 Å². The number of piperidine rings is 1. The molecule has 1 saturated carbocycles. The van der Waals surface area contributed by atoms with Crippen molar-refractivity contribution in [2.75, 3.05) is 13.1 Å². The maximum absolute atomic E-state index is 12.6. The molecule has 150 valence electrons. The Morgan fingerprint density at radius 2 is 1.89 bits per heavy atom. The highest BCUT2D eigenvalue weighted by Crippen LogP contribution is 2.22. The summed E-state index contributed by atoms with van der Waals surface area (Å²) in [5, 5.41) is 11.8. The van der Waals surface area contributed by atoms with Crippen LogP contribution < -0.4 is 5.32 Å². The van der Waals surface area contributed by atoms with Crippen LogP contribution in [0.4, 0.5) is 4.79 Å². The van der Waals surface area contributed by atoms with Gasteiger partial charge in [0.1, 0.15) is 5.69 Å². The minimum Gasteiger partial charge on any atom is -0.335 e. The van der Waals surface area contributed by atoms with Gasteiger partial charge in [-0.2, -0.15) is 0 Å². The van der Waals surface area contributed by atoms with Gasteiger partial charge < -0.3 is 10.2 Å². The fourth-order valence-electron chi connectivity index (χ4n) is 4.31. The van der Waals surface area contributed by atoms with E-state index in [9.17, 15) is 4.79 Å². The number of nitrogens with one attached hydrogen (secondary N) is 1. The maximum atomic E-state index is 12.6. The first-order chi connectivity index (χ1) is 13.8. The molecule has 1 N–H and O–H groups in total. The molecule has 1 aliphatic heterocycles. The van der Waals surface area contributed by atoms with Crippen molar-refractivity contribution < 1.29 is 4.79 Å². The summed E-state index contributed by atoms with van der Waals surface area (Å²) in [7, 11) is 0. The number of aromatic nitrogens is 4. The highest BCUT2D eigenvalue weighted by Gasteiger charge is 2.25. The summed E-state index contributed by atoms with van der Waals surface area (Å²) in [4.78, 5) is 18.7. The Labute approximate surface area is 166 Å². The first kappa shape index (κ1) is 18.9. The zero-order valence-electron chi connectivity index (χ0n) is 16.5. The summed E-state index contributed by atoms with van der Waals surface area (Å²) in [6.07, 6.45) is 14.9. The van der Waals surface area contributed by atoms with E-state index >= 15 is 0 Å². The lowest BCUT2D eigenvalue weighted by Crippen LogP contribution is -2.48. The second-order valence-corrected chi connectivity index (χ2v) is 8.14. The molecule has 1 aliphatic carbocycles. The van der Waals surface area contributed by atoms with E-state index in [1.54, 1.807) is 12.4 Å². The van der Waals surface area contributed by atoms with Crippen molar-refractivity contribution in [1.29, 1.82) is 0 Å². The van der Waals surface area contributed by atoms with Crippen molar-refractivity contribution in [3.05, 3.63) is 30.7 Å². The quantitative estimate of drug-likeness (QED) is 0.822. The number of urea groups is 1. The Balaban J connectivity index is 1.24. The Morgan fingerprint density at radius 3 is 2.61 bits per heavy atom. The molecule has 0 bridgehead atoms. The van der Waals surface area contributed by atoms with Gasteiger partial charge in [-0.3, -0.25) is 9.67 Å². The van der Waals surface area contributed by atoms with E-state index in [0.717, 1.165) is 56.6 Å². The fourth-order valence-corrected chi connectivity index (χ4v) is 4.31. The van der Waals surface area contributed by atoms with Crippen LogP contribution in [0.15, 0.2) is 30.7 Å². The average molecular weight is 383 g/mol. The van der Waals surface area contributed by atoms with Crippen molar-refractivity contribution in [1.82, 2.24) is 30.2 Å². The van der Waals surface area contributed by atoms with Crippen LogP contribution in [0.3, 0.4) is 0 Å². The Morgan fingerprint density at radius 1 is 1.11 bits per heavy atom. The van der Waals surface area contributed by atoms with Gasteiger partial charge in [0.25, 0.3) is 0 Å². The third-order valence-corrected chi connectivity index (χ3v) is 6.03. The van der Waals surface area contributed by atoms with Gasteiger partial charge >= 0.3 is 6.03 Å². The molecule has 3 heterocycles. The number of carbonyl (C=O) groups excluding carboxylic acids is 1. The van der Waals surface area contributed by atoms with Gasteiger partial charge in [0.15, 0.2) is 0 Å². The van der Waals surface area contributed by atoms with E-state index < -0.39 is 0 Å². The molecule has 28 heavy (non-hydrogen) atoms. The maximum Gasteiger partial charge on any atom is 0.317 e. The molecule has 7 nitrogen and oxygen atoms in total. The van der Waals surface area contributed by atoms with Crippen molar-refractivity contribution in [3.63, 3.8) is 0 Å². The Bertz CT molecular complexity index is 745. The van der Waals surface area contributed by atoms with Crippen molar-refractivity contribution in [2.45, 2.75) is 64.0 Å². The molecule has 2 aromatic rings. The number of rotatable bonds is 4. The lowest BCUT2D eigenvalue weighted by atomic mass is 9.97. The highest BCUT2D eigenvalue weighted by atomic mass is 16.2. The van der Waals surface area contributed by atoms with Crippen molar-refractivity contribution >= 4 is 6.03 Å². The molecule has 2 fully saturated rings. The molecular formula is C21H30N6O. The zero-order chi connectivity index (χ0) is 19.2. The lowest BCUT2D eigenvalue weighted by molar-refractivity contribution is 0.160. The summed E-state index contributed by atoms with van der Waals surface area (Å²) >= 11 is 0. The Hall–Kier alpha value is -2.44. The number of hydrogen-bond acceptors (Lipinski definition) is 4. The monoisotopic (exact) mass is 382 g/mol. The predicted molar refractivity (Wildman–Crippen MR) is 108 cm³/mol. The molecule has 0 radical (unpaired) electrons. The standard InChI is InChI=1S/C21H30N6O/c28-21(23-19-7-3-1-2-4-8-19)26-12-9-17(10-13-26)15-27-16-20(24-25-27)18-6-5-11-22-14-18/h5-6,11,14,16-17,19H,1-4,7-10,12-13,15H2,(H,23,28). The van der Waals surface area contributed by atoms with Crippen LogP contribution >= 0.6 is 0 Å². The van der Waals surface area contributed by atoms with Crippen LogP contribution in [-0.2, 0) is 6.54 Å². The summed E-state index contributed by atoms with van der Waals surface area (Å²) in [6, 6.07) is 4.40. The van der Waals surface area contributed by atoms with Crippen LogP contribution in [0.2, 0.25) is 0 Å². The van der Waals surface area contributed by atoms with E-state index in [1.165, 1.54) is 25.7 Å². The molecule has 2 aliphatic rings. The van der Waals surface area contributed by atoms with Crippen LogP contribution in [0, 0.1) is 5.92 Å². The first-order valence-electron chi connectivity index (χ1n) is 10.6. The van der Waals surface area contributed by atoms with Crippen molar-refractivity contribution in [2.24, 2.45) is 5.92 Å². The van der Waals surface area contributed by atoms with E-state index in [2.05, 4.69) is 20.6 Å². The number of likely N-dealkylation sites (tertiary alicyclic amines) is 1. The number of nitrogens with zero attached hydrogens (tertiary/aromatic N) is 5. The van der Waals surface area contributed by atoms with Gasteiger partial charge in [-0.15, -0.1) is 5.10 Å². The molecule has 0 atom stereocenters. The molecule has 4 rings (SSSR count). The molecular weight excluding hydrogens is 352 g/mol. The summed E-state index contributed by atoms with van der Waals surface area (Å²) in [6.45, 7) is 2.51. The van der Waals surface area contributed by atoms with E-state index in [-0.39, 0.29) is 6.03 Å². The fraction of sp³-hybridized carbons (Fsp3) is 0.619. The van der Waals surface area contributed by atoms with Crippen LogP contribution in [-0.4, -0.2) is 50.0 Å². The lowest BCUT2D eigenvalue weighted by Gasteiger charge is -2.33.